The number of benzene rings is 2. The summed E-state index contributed by atoms with van der Waals surface area (Å²) in [5, 5.41) is 9.93. The second-order valence-electron chi connectivity index (χ2n) is 13.5. The fraction of sp³-hybridized carbons (Fsp3) is 0.429. The Bertz CT molecular complexity index is 1870. The number of amides is 4. The quantitative estimate of drug-likeness (QED) is 0.348. The predicted octanol–water partition coefficient (Wildman–Crippen LogP) is 2.17. The number of halogens is 1. The summed E-state index contributed by atoms with van der Waals surface area (Å²) in [6.07, 6.45) is 2.87. The van der Waals surface area contributed by atoms with Gasteiger partial charge < -0.3 is 15.1 Å². The standard InChI is InChI=1S/C35H39BrN8O5/c1-40-19-23(15-24(20-40)38-28-17-37-41(2)35(49)31(28)36)22-5-3-21(4-6-22)18-42-11-13-43(14-12-42)25-7-8-26-27(16-25)34(48)44(33(26)47)29-9-10-30(45)39-32(29)46/h3-8,16-17,23-24,29,38H,9-15,18-20H2,1-2H3,(H,39,45,46). The molecule has 256 valence electrons. The van der Waals surface area contributed by atoms with Gasteiger partial charge in [0.15, 0.2) is 0 Å². The van der Waals surface area contributed by atoms with Gasteiger partial charge in [-0.3, -0.25) is 39.1 Å². The van der Waals surface area contributed by atoms with Crippen molar-refractivity contribution < 1.29 is 19.2 Å². The maximum atomic E-state index is 13.3. The summed E-state index contributed by atoms with van der Waals surface area (Å²) in [5.41, 5.74) is 4.57. The van der Waals surface area contributed by atoms with Crippen LogP contribution in [0.5, 0.6) is 0 Å². The summed E-state index contributed by atoms with van der Waals surface area (Å²) < 4.78 is 1.81. The first-order chi connectivity index (χ1) is 23.5. The molecule has 14 heteroatoms. The van der Waals surface area contributed by atoms with Gasteiger partial charge in [0.25, 0.3) is 17.4 Å². The first-order valence-corrected chi connectivity index (χ1v) is 17.4. The van der Waals surface area contributed by atoms with E-state index in [1.165, 1.54) is 15.8 Å². The van der Waals surface area contributed by atoms with Gasteiger partial charge in [-0.15, -0.1) is 0 Å². The molecule has 0 bridgehead atoms. The van der Waals surface area contributed by atoms with Crippen LogP contribution in [-0.2, 0) is 23.2 Å². The highest BCUT2D eigenvalue weighted by molar-refractivity contribution is 9.10. The lowest BCUT2D eigenvalue weighted by Gasteiger charge is -2.37. The van der Waals surface area contributed by atoms with Gasteiger partial charge in [-0.25, -0.2) is 4.68 Å². The highest BCUT2D eigenvalue weighted by atomic mass is 79.9. The summed E-state index contributed by atoms with van der Waals surface area (Å²) in [6, 6.07) is 13.4. The normalized spacial score (nSPS) is 23.5. The lowest BCUT2D eigenvalue weighted by Crippen LogP contribution is -2.54. The number of piperazine rings is 1. The van der Waals surface area contributed by atoms with E-state index in [1.54, 1.807) is 25.4 Å². The molecular weight excluding hydrogens is 692 g/mol. The van der Waals surface area contributed by atoms with Crippen molar-refractivity contribution in [3.05, 3.63) is 85.7 Å². The average molecular weight is 732 g/mol. The summed E-state index contributed by atoms with van der Waals surface area (Å²) in [5.74, 6) is -1.62. The van der Waals surface area contributed by atoms with Crippen LogP contribution in [0.15, 0.2) is 57.9 Å². The van der Waals surface area contributed by atoms with Crippen LogP contribution in [0, 0.1) is 0 Å². The Morgan fingerprint density at radius 2 is 1.65 bits per heavy atom. The van der Waals surface area contributed by atoms with Gasteiger partial charge in [0.05, 0.1) is 23.0 Å². The minimum atomic E-state index is -0.970. The topological polar surface area (TPSA) is 140 Å². The van der Waals surface area contributed by atoms with Crippen LogP contribution in [0.2, 0.25) is 0 Å². The Balaban J connectivity index is 0.936. The van der Waals surface area contributed by atoms with Gasteiger partial charge in [0, 0.05) is 71.0 Å². The number of piperidine rings is 2. The van der Waals surface area contributed by atoms with Gasteiger partial charge in [-0.1, -0.05) is 24.3 Å². The highest BCUT2D eigenvalue weighted by Crippen LogP contribution is 2.32. The lowest BCUT2D eigenvalue weighted by molar-refractivity contribution is -0.136. The molecule has 3 aromatic rings. The van der Waals surface area contributed by atoms with E-state index in [4.69, 9.17) is 0 Å². The first-order valence-electron chi connectivity index (χ1n) is 16.6. The Kier molecular flexibility index (Phi) is 9.11. The number of hydrogen-bond donors (Lipinski definition) is 2. The SMILES string of the molecule is CN1CC(Nc2cnn(C)c(=O)c2Br)CC(c2ccc(CN3CCN(c4ccc5c(c4)C(=O)N(C4CCC(=O)NC4=O)C5=O)CC3)cc2)C1. The molecule has 0 aliphatic carbocycles. The molecule has 0 spiro atoms. The molecule has 0 radical (unpaired) electrons. The highest BCUT2D eigenvalue weighted by Gasteiger charge is 2.44. The lowest BCUT2D eigenvalue weighted by atomic mass is 9.87. The maximum absolute atomic E-state index is 13.3. The van der Waals surface area contributed by atoms with E-state index < -0.39 is 29.7 Å². The number of rotatable bonds is 7. The van der Waals surface area contributed by atoms with Crippen molar-refractivity contribution in [3.63, 3.8) is 0 Å². The summed E-state index contributed by atoms with van der Waals surface area (Å²) in [7, 11) is 3.76. The molecule has 3 unspecified atom stereocenters. The van der Waals surface area contributed by atoms with Crippen LogP contribution in [0.1, 0.15) is 57.0 Å². The van der Waals surface area contributed by atoms with Crippen LogP contribution in [-0.4, -0.2) is 107 Å². The molecule has 4 aliphatic heterocycles. The van der Waals surface area contributed by atoms with Crippen molar-refractivity contribution in [2.75, 3.05) is 56.5 Å². The number of carbonyl (C=O) groups excluding carboxylic acids is 4. The fourth-order valence-electron chi connectivity index (χ4n) is 7.47. The fourth-order valence-corrected chi connectivity index (χ4v) is 7.94. The molecule has 49 heavy (non-hydrogen) atoms. The van der Waals surface area contributed by atoms with Crippen molar-refractivity contribution in [2.24, 2.45) is 7.05 Å². The minimum Gasteiger partial charge on any atom is -0.379 e. The number of anilines is 2. The zero-order valence-electron chi connectivity index (χ0n) is 27.5. The predicted molar refractivity (Wildman–Crippen MR) is 186 cm³/mol. The average Bonchev–Trinajstić information content (AvgIpc) is 3.34. The third-order valence-electron chi connectivity index (χ3n) is 10.1. The van der Waals surface area contributed by atoms with Gasteiger partial charge in [0.1, 0.15) is 10.5 Å². The first kappa shape index (κ1) is 33.1. The molecule has 2 N–H and O–H groups in total. The Hall–Kier alpha value is -4.40. The van der Waals surface area contributed by atoms with Gasteiger partial charge in [-0.05, 0) is 71.1 Å². The molecule has 3 saturated heterocycles. The molecule has 3 atom stereocenters. The van der Waals surface area contributed by atoms with Gasteiger partial charge >= 0.3 is 0 Å². The summed E-state index contributed by atoms with van der Waals surface area (Å²) >= 11 is 3.43. The molecule has 4 amide bonds. The van der Waals surface area contributed by atoms with Crippen LogP contribution in [0.25, 0.3) is 0 Å². The number of carbonyl (C=O) groups is 4. The molecule has 13 nitrogen and oxygen atoms in total. The Morgan fingerprint density at radius 1 is 0.918 bits per heavy atom. The second kappa shape index (κ2) is 13.5. The van der Waals surface area contributed by atoms with Crippen molar-refractivity contribution in [1.82, 2.24) is 29.8 Å². The van der Waals surface area contributed by atoms with Crippen molar-refractivity contribution in [1.29, 1.82) is 0 Å². The molecule has 7 rings (SSSR count). The number of fused-ring (bicyclic) bond motifs is 1. The maximum Gasteiger partial charge on any atom is 0.282 e. The third-order valence-corrected chi connectivity index (χ3v) is 10.9. The van der Waals surface area contributed by atoms with E-state index in [1.807, 2.05) is 6.07 Å². The van der Waals surface area contributed by atoms with Crippen molar-refractivity contribution >= 4 is 50.9 Å². The summed E-state index contributed by atoms with van der Waals surface area (Å²) in [6.45, 7) is 5.93. The monoisotopic (exact) mass is 730 g/mol. The number of aromatic nitrogens is 2. The Morgan fingerprint density at radius 3 is 2.39 bits per heavy atom. The number of imide groups is 2. The van der Waals surface area contributed by atoms with Gasteiger partial charge in [0.2, 0.25) is 11.8 Å². The Labute approximate surface area is 292 Å². The number of likely N-dealkylation sites (tertiary alicyclic amines) is 1. The van der Waals surface area contributed by atoms with Crippen LogP contribution >= 0.6 is 15.9 Å². The number of likely N-dealkylation sites (N-methyl/N-ethyl adjacent to an activating group) is 1. The van der Waals surface area contributed by atoms with Crippen LogP contribution in [0.4, 0.5) is 11.4 Å². The number of nitrogens with one attached hydrogen (secondary N) is 2. The molecule has 4 aliphatic rings. The number of aryl methyl sites for hydroxylation is 1. The van der Waals surface area contributed by atoms with E-state index >= 15 is 0 Å². The molecular formula is C35H39BrN8O5. The molecule has 2 aromatic carbocycles. The second-order valence-corrected chi connectivity index (χ2v) is 14.3. The van der Waals surface area contributed by atoms with Crippen LogP contribution < -0.4 is 21.1 Å². The smallest absolute Gasteiger partial charge is 0.282 e. The van der Waals surface area contributed by atoms with E-state index in [-0.39, 0.29) is 24.4 Å². The van der Waals surface area contributed by atoms with Crippen molar-refractivity contribution in [2.45, 2.75) is 43.8 Å². The zero-order valence-corrected chi connectivity index (χ0v) is 29.1. The van der Waals surface area contributed by atoms with Crippen molar-refractivity contribution in [3.8, 4) is 0 Å². The third kappa shape index (κ3) is 6.64. The number of nitrogens with zero attached hydrogens (tertiary/aromatic N) is 6. The van der Waals surface area contributed by atoms with E-state index in [0.29, 0.717) is 27.2 Å². The molecule has 5 heterocycles. The molecule has 3 fully saturated rings. The summed E-state index contributed by atoms with van der Waals surface area (Å²) in [4.78, 5) is 70.6. The minimum absolute atomic E-state index is 0.0938. The molecule has 0 saturated carbocycles. The van der Waals surface area contributed by atoms with E-state index in [9.17, 15) is 24.0 Å². The van der Waals surface area contributed by atoms with Gasteiger partial charge in [-0.2, -0.15) is 5.10 Å². The zero-order chi connectivity index (χ0) is 34.4. The largest absolute Gasteiger partial charge is 0.379 e. The van der Waals surface area contributed by atoms with E-state index in [2.05, 4.69) is 77.7 Å². The molecule has 1 aromatic heterocycles. The van der Waals surface area contributed by atoms with Crippen LogP contribution in [0.3, 0.4) is 0 Å². The number of hydrogen-bond acceptors (Lipinski definition) is 10. The van der Waals surface area contributed by atoms with E-state index in [0.717, 1.165) is 62.8 Å².